The average molecular weight is 297 g/mol. The van der Waals surface area contributed by atoms with Crippen LogP contribution >= 0.6 is 0 Å². The maximum atomic E-state index is 12.7. The lowest BCUT2D eigenvalue weighted by Gasteiger charge is -2.38. The maximum Gasteiger partial charge on any atom is 0.265 e. The third-order valence-electron chi connectivity index (χ3n) is 4.11. The number of aliphatic hydroxyl groups excluding tert-OH is 2. The van der Waals surface area contributed by atoms with E-state index in [9.17, 15) is 24.9 Å². The Morgan fingerprint density at radius 3 is 2.48 bits per heavy atom. The minimum Gasteiger partial charge on any atom is -0.386 e. The first-order chi connectivity index (χ1) is 9.76. The largest absolute Gasteiger partial charge is 0.386 e. The van der Waals surface area contributed by atoms with E-state index < -0.39 is 35.0 Å². The molecule has 2 aliphatic rings. The van der Waals surface area contributed by atoms with Crippen LogP contribution in [-0.2, 0) is 14.4 Å². The zero-order valence-electron chi connectivity index (χ0n) is 12.1. The molecular formula is C14H19NO6. The van der Waals surface area contributed by atoms with Crippen molar-refractivity contribution in [3.8, 4) is 0 Å². The highest BCUT2D eigenvalue weighted by Crippen LogP contribution is 2.51. The zero-order valence-corrected chi connectivity index (χ0v) is 12.1. The molecule has 7 heteroatoms. The molecule has 1 aliphatic heterocycles. The number of rotatable bonds is 2. The number of hydrogen-bond acceptors (Lipinski definition) is 6. The normalized spacial score (nSPS) is 41.6. The quantitative estimate of drug-likeness (QED) is 0.621. The van der Waals surface area contributed by atoms with Gasteiger partial charge in [0.05, 0.1) is 7.11 Å². The Bertz CT molecular complexity index is 538. The summed E-state index contributed by atoms with van der Waals surface area (Å²) in [5.74, 6) is -1.56. The predicted octanol–water partition coefficient (Wildman–Crippen LogP) is -0.718. The molecule has 1 amide bonds. The van der Waals surface area contributed by atoms with Gasteiger partial charge in [0.1, 0.15) is 17.6 Å². The highest BCUT2D eigenvalue weighted by molar-refractivity contribution is 6.04. The van der Waals surface area contributed by atoms with Crippen molar-refractivity contribution in [3.63, 3.8) is 0 Å². The molecule has 0 aromatic heterocycles. The number of carbonyl (C=O) groups excluding carboxylic acids is 2. The van der Waals surface area contributed by atoms with E-state index in [4.69, 9.17) is 4.84 Å². The molecule has 0 bridgehead atoms. The van der Waals surface area contributed by atoms with Gasteiger partial charge in [-0.25, -0.2) is 0 Å². The second-order valence-electron chi connectivity index (χ2n) is 5.35. The molecule has 4 atom stereocenters. The van der Waals surface area contributed by atoms with Crippen molar-refractivity contribution in [3.05, 3.63) is 23.8 Å². The number of allylic oxidation sites excluding steroid dienone is 2. The van der Waals surface area contributed by atoms with Gasteiger partial charge in [-0.05, 0) is 25.0 Å². The highest BCUT2D eigenvalue weighted by Gasteiger charge is 2.71. The SMILES string of the molecule is CC/C=C1/C=CC(=O)[C@@H](O)[C@]12C(=O)N(OC)[C@@](C)(O)[C@@H]2O. The summed E-state index contributed by atoms with van der Waals surface area (Å²) in [5.41, 5.74) is -3.73. The van der Waals surface area contributed by atoms with Gasteiger partial charge in [0, 0.05) is 0 Å². The van der Waals surface area contributed by atoms with Gasteiger partial charge in [-0.15, -0.1) is 0 Å². The van der Waals surface area contributed by atoms with E-state index in [0.717, 1.165) is 13.2 Å². The summed E-state index contributed by atoms with van der Waals surface area (Å²) in [6.45, 7) is 3.00. The molecule has 0 unspecified atom stereocenters. The van der Waals surface area contributed by atoms with Crippen molar-refractivity contribution in [2.75, 3.05) is 7.11 Å². The van der Waals surface area contributed by atoms with Crippen LogP contribution in [0.3, 0.4) is 0 Å². The molecular weight excluding hydrogens is 278 g/mol. The Balaban J connectivity index is 2.72. The number of ketones is 1. The Morgan fingerprint density at radius 1 is 1.38 bits per heavy atom. The van der Waals surface area contributed by atoms with Crippen LogP contribution in [0.15, 0.2) is 23.8 Å². The van der Waals surface area contributed by atoms with E-state index >= 15 is 0 Å². The molecule has 0 saturated carbocycles. The molecule has 1 heterocycles. The molecule has 0 aromatic rings. The Kier molecular flexibility index (Phi) is 3.79. The smallest absolute Gasteiger partial charge is 0.265 e. The van der Waals surface area contributed by atoms with Crippen LogP contribution in [0, 0.1) is 5.41 Å². The fourth-order valence-corrected chi connectivity index (χ4v) is 3.09. The van der Waals surface area contributed by atoms with Crippen molar-refractivity contribution in [1.82, 2.24) is 5.06 Å². The first-order valence-electron chi connectivity index (χ1n) is 6.66. The number of hydroxylamine groups is 2. The number of hydrogen-bond donors (Lipinski definition) is 3. The second-order valence-corrected chi connectivity index (χ2v) is 5.35. The van der Waals surface area contributed by atoms with E-state index in [-0.39, 0.29) is 5.57 Å². The van der Waals surface area contributed by atoms with Crippen molar-refractivity contribution in [1.29, 1.82) is 0 Å². The zero-order chi connectivity index (χ0) is 16.0. The lowest BCUT2D eigenvalue weighted by Crippen LogP contribution is -2.56. The first kappa shape index (κ1) is 15.8. The topological polar surface area (TPSA) is 107 Å². The van der Waals surface area contributed by atoms with Gasteiger partial charge in [-0.2, -0.15) is 5.06 Å². The van der Waals surface area contributed by atoms with Crippen molar-refractivity contribution >= 4 is 11.7 Å². The van der Waals surface area contributed by atoms with Crippen LogP contribution in [0.25, 0.3) is 0 Å². The molecule has 21 heavy (non-hydrogen) atoms. The third-order valence-corrected chi connectivity index (χ3v) is 4.11. The van der Waals surface area contributed by atoms with Gasteiger partial charge < -0.3 is 15.3 Å². The minimum absolute atomic E-state index is 0.287. The molecule has 3 N–H and O–H groups in total. The van der Waals surface area contributed by atoms with Gasteiger partial charge in [-0.3, -0.25) is 14.4 Å². The fraction of sp³-hybridized carbons (Fsp3) is 0.571. The average Bonchev–Trinajstić information content (AvgIpc) is 2.57. The molecule has 116 valence electrons. The van der Waals surface area contributed by atoms with Gasteiger partial charge in [0.2, 0.25) is 0 Å². The fourth-order valence-electron chi connectivity index (χ4n) is 3.09. The molecule has 7 nitrogen and oxygen atoms in total. The van der Waals surface area contributed by atoms with E-state index in [1.54, 1.807) is 6.08 Å². The lowest BCUT2D eigenvalue weighted by molar-refractivity contribution is -0.262. The summed E-state index contributed by atoms with van der Waals surface area (Å²) in [4.78, 5) is 29.4. The van der Waals surface area contributed by atoms with Gasteiger partial charge >= 0.3 is 0 Å². The minimum atomic E-state index is -2.06. The molecule has 0 aromatic carbocycles. The van der Waals surface area contributed by atoms with Crippen molar-refractivity contribution in [2.45, 2.75) is 38.2 Å². The van der Waals surface area contributed by atoms with Gasteiger partial charge in [0.25, 0.3) is 5.91 Å². The van der Waals surface area contributed by atoms with Crippen LogP contribution in [0.1, 0.15) is 20.3 Å². The Hall–Kier alpha value is -1.54. The van der Waals surface area contributed by atoms with Crippen LogP contribution < -0.4 is 0 Å². The van der Waals surface area contributed by atoms with Gasteiger partial charge in [-0.1, -0.05) is 19.1 Å². The molecule has 1 spiro atoms. The number of nitrogens with zero attached hydrogens (tertiary/aromatic N) is 1. The predicted molar refractivity (Wildman–Crippen MR) is 71.4 cm³/mol. The molecule has 1 saturated heterocycles. The van der Waals surface area contributed by atoms with E-state index in [0.29, 0.717) is 11.5 Å². The Morgan fingerprint density at radius 2 is 2.00 bits per heavy atom. The molecule has 0 radical (unpaired) electrons. The number of aliphatic hydroxyl groups is 3. The lowest BCUT2D eigenvalue weighted by atomic mass is 9.66. The summed E-state index contributed by atoms with van der Waals surface area (Å²) in [5, 5.41) is 31.8. The summed E-state index contributed by atoms with van der Waals surface area (Å²) in [7, 11) is 1.16. The summed E-state index contributed by atoms with van der Waals surface area (Å²) < 4.78 is 0. The van der Waals surface area contributed by atoms with Gasteiger partial charge in [0.15, 0.2) is 11.5 Å². The van der Waals surface area contributed by atoms with Crippen molar-refractivity contribution in [2.24, 2.45) is 5.41 Å². The Labute approximate surface area is 122 Å². The van der Waals surface area contributed by atoms with Crippen LogP contribution in [-0.4, -0.2) is 57.1 Å². The van der Waals surface area contributed by atoms with Crippen LogP contribution in [0.2, 0.25) is 0 Å². The highest BCUT2D eigenvalue weighted by atomic mass is 16.7. The maximum absolute atomic E-state index is 12.7. The molecule has 1 fully saturated rings. The summed E-state index contributed by atoms with van der Waals surface area (Å²) in [6, 6.07) is 0. The first-order valence-corrected chi connectivity index (χ1v) is 6.66. The second kappa shape index (κ2) is 5.03. The number of carbonyl (C=O) groups is 2. The number of amides is 1. The monoisotopic (exact) mass is 297 g/mol. The summed E-state index contributed by atoms with van der Waals surface area (Å²) >= 11 is 0. The van der Waals surface area contributed by atoms with Crippen LogP contribution in [0.4, 0.5) is 0 Å². The van der Waals surface area contributed by atoms with E-state index in [1.807, 2.05) is 6.92 Å². The summed E-state index contributed by atoms with van der Waals surface area (Å²) in [6.07, 6.45) is 1.19. The molecule has 1 aliphatic carbocycles. The standard InChI is InChI=1S/C14H19NO6/c1-4-5-8-6-7-9(16)10(17)14(8)11(18)13(2,20)15(21-3)12(14)19/h5-7,10-11,17-18,20H,4H2,1-3H3/b8-5-/t10-,11+,13+,14-/m1/s1. The molecule has 2 rings (SSSR count). The van der Waals surface area contributed by atoms with Crippen LogP contribution in [0.5, 0.6) is 0 Å². The van der Waals surface area contributed by atoms with E-state index in [1.165, 1.54) is 13.0 Å². The van der Waals surface area contributed by atoms with Crippen molar-refractivity contribution < 1.29 is 29.7 Å². The third kappa shape index (κ3) is 1.82. The van der Waals surface area contributed by atoms with E-state index in [2.05, 4.69) is 0 Å².